The van der Waals surface area contributed by atoms with Gasteiger partial charge in [0.05, 0.1) is 7.11 Å². The Morgan fingerprint density at radius 3 is 2.50 bits per heavy atom. The zero-order valence-corrected chi connectivity index (χ0v) is 9.91. The van der Waals surface area contributed by atoms with Crippen molar-refractivity contribution >= 4 is 11.9 Å². The molecule has 0 saturated heterocycles. The molecule has 1 amide bonds. The van der Waals surface area contributed by atoms with Gasteiger partial charge in [-0.15, -0.1) is 0 Å². The number of esters is 1. The molecule has 0 spiro atoms. The molecular formula is C11H20N2O3. The van der Waals surface area contributed by atoms with Gasteiger partial charge in [-0.1, -0.05) is 6.58 Å². The number of hydrogen-bond donors (Lipinski definition) is 2. The molecule has 0 aromatic rings. The highest BCUT2D eigenvalue weighted by Crippen LogP contribution is 2.03. The van der Waals surface area contributed by atoms with Gasteiger partial charge in [0, 0.05) is 5.57 Å². The zero-order valence-electron chi connectivity index (χ0n) is 9.91. The SMILES string of the molecule is C=C(C)C(=O)NC(CCCCN)C(=O)OC. The van der Waals surface area contributed by atoms with E-state index in [9.17, 15) is 9.59 Å². The summed E-state index contributed by atoms with van der Waals surface area (Å²) in [5.41, 5.74) is 5.72. The molecule has 0 saturated carbocycles. The van der Waals surface area contributed by atoms with Crippen LogP contribution in [0.2, 0.25) is 0 Å². The van der Waals surface area contributed by atoms with E-state index in [1.54, 1.807) is 6.92 Å². The van der Waals surface area contributed by atoms with Crippen molar-refractivity contribution in [3.05, 3.63) is 12.2 Å². The third-order valence-electron chi connectivity index (χ3n) is 2.13. The van der Waals surface area contributed by atoms with Crippen molar-refractivity contribution in [3.63, 3.8) is 0 Å². The van der Waals surface area contributed by atoms with Crippen LogP contribution in [-0.2, 0) is 14.3 Å². The highest BCUT2D eigenvalue weighted by atomic mass is 16.5. The summed E-state index contributed by atoms with van der Waals surface area (Å²) in [4.78, 5) is 22.7. The third-order valence-corrected chi connectivity index (χ3v) is 2.13. The van der Waals surface area contributed by atoms with Gasteiger partial charge in [-0.05, 0) is 32.7 Å². The fourth-order valence-electron chi connectivity index (χ4n) is 1.17. The third kappa shape index (κ3) is 5.50. The van der Waals surface area contributed by atoms with Crippen LogP contribution in [0, 0.1) is 0 Å². The van der Waals surface area contributed by atoms with Gasteiger partial charge in [0.2, 0.25) is 5.91 Å². The molecule has 5 heteroatoms. The molecule has 5 nitrogen and oxygen atoms in total. The standard InChI is InChI=1S/C11H20N2O3/c1-8(2)10(14)13-9(11(15)16-3)6-4-5-7-12/h9H,1,4-7,12H2,2-3H3,(H,13,14). The number of nitrogens with one attached hydrogen (secondary N) is 1. The summed E-state index contributed by atoms with van der Waals surface area (Å²) in [7, 11) is 1.30. The largest absolute Gasteiger partial charge is 0.467 e. The molecule has 0 aliphatic carbocycles. The summed E-state index contributed by atoms with van der Waals surface area (Å²) in [5, 5.41) is 2.57. The molecule has 0 fully saturated rings. The average molecular weight is 228 g/mol. The lowest BCUT2D eigenvalue weighted by Crippen LogP contribution is -2.41. The second-order valence-electron chi connectivity index (χ2n) is 3.61. The zero-order chi connectivity index (χ0) is 12.6. The number of ether oxygens (including phenoxy) is 1. The Morgan fingerprint density at radius 1 is 1.44 bits per heavy atom. The lowest BCUT2D eigenvalue weighted by atomic mass is 10.1. The average Bonchev–Trinajstić information content (AvgIpc) is 2.26. The molecule has 0 aromatic heterocycles. The Labute approximate surface area is 96.0 Å². The quantitative estimate of drug-likeness (QED) is 0.374. The molecule has 0 bridgehead atoms. The van der Waals surface area contributed by atoms with E-state index < -0.39 is 12.0 Å². The number of unbranched alkanes of at least 4 members (excludes halogenated alkanes) is 1. The number of carbonyl (C=O) groups excluding carboxylic acids is 2. The molecule has 1 unspecified atom stereocenters. The summed E-state index contributed by atoms with van der Waals surface area (Å²) in [6.07, 6.45) is 2.12. The minimum absolute atomic E-state index is 0.330. The van der Waals surface area contributed by atoms with Crippen molar-refractivity contribution in [2.24, 2.45) is 5.73 Å². The molecule has 0 rings (SSSR count). The number of carbonyl (C=O) groups is 2. The van der Waals surface area contributed by atoms with Gasteiger partial charge in [0.25, 0.3) is 0 Å². The predicted octanol–water partition coefficient (Wildman–Crippen LogP) is 0.349. The lowest BCUT2D eigenvalue weighted by Gasteiger charge is -2.16. The van der Waals surface area contributed by atoms with Gasteiger partial charge in [0.15, 0.2) is 0 Å². The van der Waals surface area contributed by atoms with Crippen molar-refractivity contribution in [2.45, 2.75) is 32.2 Å². The Morgan fingerprint density at radius 2 is 2.06 bits per heavy atom. The molecule has 0 radical (unpaired) electrons. The maximum atomic E-state index is 11.4. The molecule has 0 aromatic carbocycles. The minimum atomic E-state index is -0.610. The first kappa shape index (κ1) is 14.6. The fourth-order valence-corrected chi connectivity index (χ4v) is 1.17. The van der Waals surface area contributed by atoms with Crippen LogP contribution in [0.4, 0.5) is 0 Å². The summed E-state index contributed by atoms with van der Waals surface area (Å²) < 4.78 is 4.61. The van der Waals surface area contributed by atoms with Crippen LogP contribution in [-0.4, -0.2) is 31.6 Å². The van der Waals surface area contributed by atoms with Crippen LogP contribution >= 0.6 is 0 Å². The van der Waals surface area contributed by atoms with Crippen molar-refractivity contribution < 1.29 is 14.3 Å². The van der Waals surface area contributed by atoms with Gasteiger partial charge in [-0.2, -0.15) is 0 Å². The molecule has 0 aliphatic rings. The Bertz CT molecular complexity index is 264. The summed E-state index contributed by atoms with van der Waals surface area (Å²) in [6, 6.07) is -0.610. The van der Waals surface area contributed by atoms with Gasteiger partial charge in [-0.25, -0.2) is 4.79 Å². The molecule has 92 valence electrons. The van der Waals surface area contributed by atoms with Crippen LogP contribution in [0.5, 0.6) is 0 Å². The Kier molecular flexibility index (Phi) is 7.20. The van der Waals surface area contributed by atoms with Gasteiger partial charge in [0.1, 0.15) is 6.04 Å². The maximum Gasteiger partial charge on any atom is 0.328 e. The predicted molar refractivity (Wildman–Crippen MR) is 61.7 cm³/mol. The molecule has 0 heterocycles. The maximum absolute atomic E-state index is 11.4. The molecule has 16 heavy (non-hydrogen) atoms. The summed E-state index contributed by atoms with van der Waals surface area (Å²) in [6.45, 7) is 5.66. The van der Waals surface area contributed by atoms with Crippen molar-refractivity contribution in [1.82, 2.24) is 5.32 Å². The highest BCUT2D eigenvalue weighted by Gasteiger charge is 2.20. The van der Waals surface area contributed by atoms with Crippen molar-refractivity contribution in [1.29, 1.82) is 0 Å². The number of rotatable bonds is 7. The molecule has 0 aliphatic heterocycles. The molecular weight excluding hydrogens is 208 g/mol. The Hall–Kier alpha value is -1.36. The first-order valence-corrected chi connectivity index (χ1v) is 5.27. The van der Waals surface area contributed by atoms with E-state index in [-0.39, 0.29) is 5.91 Å². The van der Waals surface area contributed by atoms with Crippen LogP contribution in [0.1, 0.15) is 26.2 Å². The van der Waals surface area contributed by atoms with E-state index in [2.05, 4.69) is 16.6 Å². The monoisotopic (exact) mass is 228 g/mol. The summed E-state index contributed by atoms with van der Waals surface area (Å²) in [5.74, 6) is -0.769. The number of nitrogens with two attached hydrogens (primary N) is 1. The van der Waals surface area contributed by atoms with E-state index in [4.69, 9.17) is 5.73 Å². The van der Waals surface area contributed by atoms with Crippen LogP contribution < -0.4 is 11.1 Å². The van der Waals surface area contributed by atoms with E-state index in [0.29, 0.717) is 18.5 Å². The minimum Gasteiger partial charge on any atom is -0.467 e. The number of amides is 1. The first-order chi connectivity index (χ1) is 7.52. The normalized spacial score (nSPS) is 11.7. The summed E-state index contributed by atoms with van der Waals surface area (Å²) >= 11 is 0. The second kappa shape index (κ2) is 7.87. The Balaban J connectivity index is 4.26. The molecule has 3 N–H and O–H groups in total. The van der Waals surface area contributed by atoms with Gasteiger partial charge >= 0.3 is 5.97 Å². The first-order valence-electron chi connectivity index (χ1n) is 5.27. The van der Waals surface area contributed by atoms with E-state index >= 15 is 0 Å². The van der Waals surface area contributed by atoms with E-state index in [0.717, 1.165) is 12.8 Å². The topological polar surface area (TPSA) is 81.4 Å². The van der Waals surface area contributed by atoms with Crippen molar-refractivity contribution in [2.75, 3.05) is 13.7 Å². The molecule has 1 atom stereocenters. The van der Waals surface area contributed by atoms with Gasteiger partial charge < -0.3 is 15.8 Å². The fraction of sp³-hybridized carbons (Fsp3) is 0.636. The van der Waals surface area contributed by atoms with Crippen molar-refractivity contribution in [3.8, 4) is 0 Å². The highest BCUT2D eigenvalue weighted by molar-refractivity contribution is 5.95. The lowest BCUT2D eigenvalue weighted by molar-refractivity contribution is -0.144. The van der Waals surface area contributed by atoms with Crippen LogP contribution in [0.3, 0.4) is 0 Å². The smallest absolute Gasteiger partial charge is 0.328 e. The number of methoxy groups -OCH3 is 1. The van der Waals surface area contributed by atoms with Crippen LogP contribution in [0.25, 0.3) is 0 Å². The number of hydrogen-bond acceptors (Lipinski definition) is 4. The second-order valence-corrected chi connectivity index (χ2v) is 3.61. The van der Waals surface area contributed by atoms with Gasteiger partial charge in [-0.3, -0.25) is 4.79 Å². The van der Waals surface area contributed by atoms with E-state index in [1.165, 1.54) is 7.11 Å². The van der Waals surface area contributed by atoms with E-state index in [1.807, 2.05) is 0 Å². The van der Waals surface area contributed by atoms with Crippen LogP contribution in [0.15, 0.2) is 12.2 Å².